The van der Waals surface area contributed by atoms with Crippen LogP contribution in [0.1, 0.15) is 30.8 Å². The van der Waals surface area contributed by atoms with Gasteiger partial charge < -0.3 is 15.5 Å². The number of carbonyl (C=O) groups is 2. The molecule has 1 aromatic heterocycles. The van der Waals surface area contributed by atoms with E-state index in [4.69, 9.17) is 0 Å². The molecule has 8 nitrogen and oxygen atoms in total. The lowest BCUT2D eigenvalue weighted by atomic mass is 10.2. The zero-order valence-electron chi connectivity index (χ0n) is 17.0. The molecule has 1 aliphatic rings. The summed E-state index contributed by atoms with van der Waals surface area (Å²) in [6.07, 6.45) is 0.928. The first-order valence-electron chi connectivity index (χ1n) is 10.0. The SMILES string of the molecule is CCC(C)NC(=O)CN1CCN(c2ccc(C(=O)Nc3ccccc3)nn2)CC1. The quantitative estimate of drug-likeness (QED) is 0.741. The summed E-state index contributed by atoms with van der Waals surface area (Å²) >= 11 is 0. The van der Waals surface area contributed by atoms with Crippen molar-refractivity contribution in [3.63, 3.8) is 0 Å². The average Bonchev–Trinajstić information content (AvgIpc) is 2.75. The maximum atomic E-state index is 12.3. The van der Waals surface area contributed by atoms with Gasteiger partial charge in [0.05, 0.1) is 6.54 Å². The van der Waals surface area contributed by atoms with Gasteiger partial charge >= 0.3 is 0 Å². The Morgan fingerprint density at radius 1 is 1.03 bits per heavy atom. The summed E-state index contributed by atoms with van der Waals surface area (Å²) < 4.78 is 0. The number of hydrogen-bond donors (Lipinski definition) is 2. The largest absolute Gasteiger partial charge is 0.353 e. The van der Waals surface area contributed by atoms with Crippen molar-refractivity contribution in [2.75, 3.05) is 42.9 Å². The Balaban J connectivity index is 1.48. The molecule has 154 valence electrons. The van der Waals surface area contributed by atoms with Crippen molar-refractivity contribution in [3.8, 4) is 0 Å². The molecule has 1 aliphatic heterocycles. The minimum atomic E-state index is -0.285. The van der Waals surface area contributed by atoms with Crippen molar-refractivity contribution < 1.29 is 9.59 Å². The van der Waals surface area contributed by atoms with E-state index in [1.165, 1.54) is 0 Å². The van der Waals surface area contributed by atoms with Gasteiger partial charge in [0.25, 0.3) is 5.91 Å². The van der Waals surface area contributed by atoms with Crippen LogP contribution >= 0.6 is 0 Å². The Morgan fingerprint density at radius 2 is 1.76 bits per heavy atom. The normalized spacial score (nSPS) is 15.6. The van der Waals surface area contributed by atoms with Crippen LogP contribution < -0.4 is 15.5 Å². The number of rotatable bonds is 7. The topological polar surface area (TPSA) is 90.5 Å². The van der Waals surface area contributed by atoms with Gasteiger partial charge in [0, 0.05) is 37.9 Å². The monoisotopic (exact) mass is 396 g/mol. The van der Waals surface area contributed by atoms with Gasteiger partial charge in [-0.15, -0.1) is 10.2 Å². The first-order valence-corrected chi connectivity index (χ1v) is 10.0. The summed E-state index contributed by atoms with van der Waals surface area (Å²) in [6, 6.07) is 13.0. The van der Waals surface area contributed by atoms with Gasteiger partial charge in [-0.05, 0) is 37.6 Å². The molecule has 8 heteroatoms. The second-order valence-electron chi connectivity index (χ2n) is 7.24. The van der Waals surface area contributed by atoms with Crippen molar-refractivity contribution >= 4 is 23.3 Å². The molecule has 1 saturated heterocycles. The molecule has 0 aliphatic carbocycles. The predicted molar refractivity (Wildman–Crippen MR) is 113 cm³/mol. The third-order valence-corrected chi connectivity index (χ3v) is 5.00. The van der Waals surface area contributed by atoms with Crippen molar-refractivity contribution in [2.45, 2.75) is 26.3 Å². The zero-order valence-corrected chi connectivity index (χ0v) is 17.0. The summed E-state index contributed by atoms with van der Waals surface area (Å²) in [7, 11) is 0. The summed E-state index contributed by atoms with van der Waals surface area (Å²) in [6.45, 7) is 7.58. The van der Waals surface area contributed by atoms with Gasteiger partial charge in [-0.2, -0.15) is 0 Å². The van der Waals surface area contributed by atoms with E-state index < -0.39 is 0 Å². The molecule has 0 spiro atoms. The maximum Gasteiger partial charge on any atom is 0.276 e. The summed E-state index contributed by atoms with van der Waals surface area (Å²) in [5.41, 5.74) is 0.995. The number of nitrogens with one attached hydrogen (secondary N) is 2. The molecule has 1 unspecified atom stereocenters. The fourth-order valence-electron chi connectivity index (χ4n) is 3.09. The van der Waals surface area contributed by atoms with Crippen LogP contribution in [-0.2, 0) is 4.79 Å². The number of amides is 2. The number of aromatic nitrogens is 2. The number of nitrogens with zero attached hydrogens (tertiary/aromatic N) is 4. The smallest absolute Gasteiger partial charge is 0.276 e. The van der Waals surface area contributed by atoms with Crippen LogP contribution in [0.4, 0.5) is 11.5 Å². The molecule has 1 atom stereocenters. The van der Waals surface area contributed by atoms with Crippen LogP contribution in [-0.4, -0.2) is 65.7 Å². The van der Waals surface area contributed by atoms with Crippen LogP contribution in [0.2, 0.25) is 0 Å². The molecule has 2 aromatic rings. The van der Waals surface area contributed by atoms with Crippen LogP contribution in [0.25, 0.3) is 0 Å². The van der Waals surface area contributed by atoms with Crippen molar-refractivity contribution in [3.05, 3.63) is 48.2 Å². The second kappa shape index (κ2) is 9.97. The summed E-state index contributed by atoms with van der Waals surface area (Å²) in [4.78, 5) is 28.6. The Hall–Kier alpha value is -3.00. The van der Waals surface area contributed by atoms with Crippen molar-refractivity contribution in [1.29, 1.82) is 0 Å². The number of carbonyl (C=O) groups excluding carboxylic acids is 2. The highest BCUT2D eigenvalue weighted by molar-refractivity contribution is 6.02. The van der Waals surface area contributed by atoms with Gasteiger partial charge in [-0.3, -0.25) is 14.5 Å². The summed E-state index contributed by atoms with van der Waals surface area (Å²) in [5, 5.41) is 14.1. The van der Waals surface area contributed by atoms with Gasteiger partial charge in [-0.1, -0.05) is 25.1 Å². The number of para-hydroxylation sites is 1. The summed E-state index contributed by atoms with van der Waals surface area (Å²) in [5.74, 6) is 0.527. The molecule has 0 saturated carbocycles. The van der Waals surface area contributed by atoms with Crippen LogP contribution in [0.3, 0.4) is 0 Å². The fraction of sp³-hybridized carbons (Fsp3) is 0.429. The molecule has 1 fully saturated rings. The van der Waals surface area contributed by atoms with E-state index in [1.54, 1.807) is 6.07 Å². The first kappa shape index (κ1) is 20.7. The van der Waals surface area contributed by atoms with E-state index in [0.29, 0.717) is 6.54 Å². The zero-order chi connectivity index (χ0) is 20.6. The molecule has 3 rings (SSSR count). The van der Waals surface area contributed by atoms with Crippen molar-refractivity contribution in [1.82, 2.24) is 20.4 Å². The Kier molecular flexibility index (Phi) is 7.13. The van der Waals surface area contributed by atoms with Crippen molar-refractivity contribution in [2.24, 2.45) is 0 Å². The van der Waals surface area contributed by atoms with E-state index in [0.717, 1.165) is 44.1 Å². The number of benzene rings is 1. The molecule has 1 aromatic carbocycles. The molecular weight excluding hydrogens is 368 g/mol. The lowest BCUT2D eigenvalue weighted by Crippen LogP contribution is -2.50. The van der Waals surface area contributed by atoms with Gasteiger partial charge in [0.1, 0.15) is 0 Å². The minimum Gasteiger partial charge on any atom is -0.353 e. The van der Waals surface area contributed by atoms with E-state index in [9.17, 15) is 9.59 Å². The van der Waals surface area contributed by atoms with Gasteiger partial charge in [0.2, 0.25) is 5.91 Å². The van der Waals surface area contributed by atoms with Gasteiger partial charge in [0.15, 0.2) is 11.5 Å². The molecule has 2 amide bonds. The highest BCUT2D eigenvalue weighted by Crippen LogP contribution is 2.14. The number of piperazine rings is 1. The van der Waals surface area contributed by atoms with Gasteiger partial charge in [-0.25, -0.2) is 0 Å². The third-order valence-electron chi connectivity index (χ3n) is 5.00. The highest BCUT2D eigenvalue weighted by atomic mass is 16.2. The first-order chi connectivity index (χ1) is 14.0. The van der Waals surface area contributed by atoms with Crippen LogP contribution in [0.5, 0.6) is 0 Å². The number of anilines is 2. The second-order valence-corrected chi connectivity index (χ2v) is 7.24. The Morgan fingerprint density at radius 3 is 2.38 bits per heavy atom. The minimum absolute atomic E-state index is 0.0707. The molecular formula is C21H28N6O2. The lowest BCUT2D eigenvalue weighted by Gasteiger charge is -2.34. The molecule has 2 heterocycles. The average molecular weight is 396 g/mol. The maximum absolute atomic E-state index is 12.3. The third kappa shape index (κ3) is 5.99. The molecule has 0 radical (unpaired) electrons. The molecule has 2 N–H and O–H groups in total. The van der Waals surface area contributed by atoms with Crippen LogP contribution in [0, 0.1) is 0 Å². The molecule has 0 bridgehead atoms. The van der Waals surface area contributed by atoms with Crippen LogP contribution in [0.15, 0.2) is 42.5 Å². The van der Waals surface area contributed by atoms with E-state index in [1.807, 2.05) is 43.3 Å². The fourth-order valence-corrected chi connectivity index (χ4v) is 3.09. The molecule has 29 heavy (non-hydrogen) atoms. The van der Waals surface area contributed by atoms with E-state index in [-0.39, 0.29) is 23.6 Å². The van der Waals surface area contributed by atoms with E-state index >= 15 is 0 Å². The Labute approximate surface area is 171 Å². The number of hydrogen-bond acceptors (Lipinski definition) is 6. The Bertz CT molecular complexity index is 804. The lowest BCUT2D eigenvalue weighted by molar-refractivity contribution is -0.122. The standard InChI is InChI=1S/C21H28N6O2/c1-3-16(2)22-20(28)15-26-11-13-27(14-12-26)19-10-9-18(24-25-19)21(29)23-17-7-5-4-6-8-17/h4-10,16H,3,11-15H2,1-2H3,(H,22,28)(H,23,29). The highest BCUT2D eigenvalue weighted by Gasteiger charge is 2.21. The predicted octanol–water partition coefficient (Wildman–Crippen LogP) is 1.77. The van der Waals surface area contributed by atoms with E-state index in [2.05, 4.69) is 37.6 Å².